The van der Waals surface area contributed by atoms with E-state index in [9.17, 15) is 20.0 Å². The summed E-state index contributed by atoms with van der Waals surface area (Å²) in [6, 6.07) is 12.6. The van der Waals surface area contributed by atoms with E-state index in [4.69, 9.17) is 0 Å². The number of benzene rings is 2. The molecule has 1 aromatic heterocycles. The van der Waals surface area contributed by atoms with Crippen LogP contribution in [0.3, 0.4) is 0 Å². The summed E-state index contributed by atoms with van der Waals surface area (Å²) < 4.78 is 1.66. The highest BCUT2D eigenvalue weighted by atomic mass is 32.2. The van der Waals surface area contributed by atoms with Gasteiger partial charge in [-0.2, -0.15) is 5.10 Å². The van der Waals surface area contributed by atoms with Crippen molar-refractivity contribution >= 4 is 29.6 Å². The lowest BCUT2D eigenvalue weighted by Gasteiger charge is -2.04. The number of rotatable bonds is 7. The van der Waals surface area contributed by atoms with Gasteiger partial charge in [-0.15, -0.1) is 10.2 Å². The van der Waals surface area contributed by atoms with Crippen LogP contribution in [-0.4, -0.2) is 42.7 Å². The summed E-state index contributed by atoms with van der Waals surface area (Å²) in [6.07, 6.45) is 1.42. The third-order valence-corrected chi connectivity index (χ3v) is 4.78. The fourth-order valence-electron chi connectivity index (χ4n) is 2.40. The SMILES string of the molecule is Cn1c(SCC(=O)N/N=C\c2cccc(O)c2)nnc1-c1cccc([N+](=O)[O-])c1. The maximum Gasteiger partial charge on any atom is 0.270 e. The van der Waals surface area contributed by atoms with Crippen LogP contribution in [0.25, 0.3) is 11.4 Å². The Balaban J connectivity index is 1.59. The molecule has 0 bridgehead atoms. The molecule has 0 unspecified atom stereocenters. The number of aromatic hydroxyl groups is 1. The van der Waals surface area contributed by atoms with Crippen LogP contribution >= 0.6 is 11.8 Å². The van der Waals surface area contributed by atoms with Crippen molar-refractivity contribution in [3.8, 4) is 17.1 Å². The Morgan fingerprint density at radius 1 is 1.31 bits per heavy atom. The number of nitrogens with zero attached hydrogens (tertiary/aromatic N) is 5. The molecule has 11 heteroatoms. The predicted molar refractivity (Wildman–Crippen MR) is 108 cm³/mol. The van der Waals surface area contributed by atoms with Crippen molar-refractivity contribution in [2.75, 3.05) is 5.75 Å². The first-order valence-corrected chi connectivity index (χ1v) is 9.30. The molecule has 0 atom stereocenters. The molecular formula is C18H16N6O4S. The molecule has 1 amide bonds. The van der Waals surface area contributed by atoms with Crippen LogP contribution in [0, 0.1) is 10.1 Å². The first-order chi connectivity index (χ1) is 13.9. The summed E-state index contributed by atoms with van der Waals surface area (Å²) in [5, 5.41) is 32.7. The van der Waals surface area contributed by atoms with E-state index in [-0.39, 0.29) is 23.1 Å². The number of hydrogen-bond acceptors (Lipinski definition) is 8. The van der Waals surface area contributed by atoms with Gasteiger partial charge in [-0.25, -0.2) is 5.43 Å². The number of phenols is 1. The normalized spacial score (nSPS) is 10.9. The highest BCUT2D eigenvalue weighted by Crippen LogP contribution is 2.25. The van der Waals surface area contributed by atoms with Crippen LogP contribution in [0.5, 0.6) is 5.75 Å². The smallest absolute Gasteiger partial charge is 0.270 e. The van der Waals surface area contributed by atoms with Gasteiger partial charge in [0.05, 0.1) is 16.9 Å². The highest BCUT2D eigenvalue weighted by Gasteiger charge is 2.15. The molecule has 3 rings (SSSR count). The van der Waals surface area contributed by atoms with Gasteiger partial charge in [0.2, 0.25) is 0 Å². The van der Waals surface area contributed by atoms with E-state index < -0.39 is 4.92 Å². The lowest BCUT2D eigenvalue weighted by Crippen LogP contribution is -2.19. The molecule has 0 aliphatic heterocycles. The molecular weight excluding hydrogens is 396 g/mol. The minimum Gasteiger partial charge on any atom is -0.508 e. The van der Waals surface area contributed by atoms with E-state index in [0.717, 1.165) is 11.8 Å². The van der Waals surface area contributed by atoms with Crippen molar-refractivity contribution in [2.24, 2.45) is 12.1 Å². The molecule has 0 saturated carbocycles. The molecule has 0 radical (unpaired) electrons. The van der Waals surface area contributed by atoms with E-state index in [2.05, 4.69) is 20.7 Å². The van der Waals surface area contributed by atoms with E-state index in [1.807, 2.05) is 0 Å². The molecule has 0 spiro atoms. The standard InChI is InChI=1S/C18H16N6O4S/c1-23-17(13-5-3-6-14(9-13)24(27)28)21-22-18(23)29-11-16(26)20-19-10-12-4-2-7-15(25)8-12/h2-10,25H,11H2,1H3,(H,20,26)/b19-10-. The average molecular weight is 412 g/mol. The molecule has 2 aromatic carbocycles. The molecule has 10 nitrogen and oxygen atoms in total. The van der Waals surface area contributed by atoms with Gasteiger partial charge in [-0.3, -0.25) is 14.9 Å². The molecule has 29 heavy (non-hydrogen) atoms. The number of amides is 1. The first kappa shape index (κ1) is 20.0. The van der Waals surface area contributed by atoms with Crippen LogP contribution < -0.4 is 5.43 Å². The number of nitrogens with one attached hydrogen (secondary N) is 1. The quantitative estimate of drug-likeness (QED) is 0.263. The summed E-state index contributed by atoms with van der Waals surface area (Å²) >= 11 is 1.16. The zero-order valence-corrected chi connectivity index (χ0v) is 16.0. The largest absolute Gasteiger partial charge is 0.508 e. The number of hydrazone groups is 1. The molecule has 0 saturated heterocycles. The van der Waals surface area contributed by atoms with Crippen LogP contribution in [0.15, 0.2) is 58.8 Å². The minimum atomic E-state index is -0.475. The van der Waals surface area contributed by atoms with Crippen LogP contribution in [0.4, 0.5) is 5.69 Å². The van der Waals surface area contributed by atoms with Gasteiger partial charge in [-0.05, 0) is 17.7 Å². The zero-order chi connectivity index (χ0) is 20.8. The maximum absolute atomic E-state index is 12.0. The van der Waals surface area contributed by atoms with Crippen molar-refractivity contribution in [1.82, 2.24) is 20.2 Å². The van der Waals surface area contributed by atoms with Gasteiger partial charge in [0.15, 0.2) is 11.0 Å². The lowest BCUT2D eigenvalue weighted by atomic mass is 10.2. The Morgan fingerprint density at radius 3 is 2.86 bits per heavy atom. The van der Waals surface area contributed by atoms with Gasteiger partial charge >= 0.3 is 0 Å². The summed E-state index contributed by atoms with van der Waals surface area (Å²) in [5.41, 5.74) is 3.56. The second-order valence-electron chi connectivity index (χ2n) is 5.85. The highest BCUT2D eigenvalue weighted by molar-refractivity contribution is 7.99. The summed E-state index contributed by atoms with van der Waals surface area (Å²) in [5.74, 6) is 0.278. The van der Waals surface area contributed by atoms with Crippen LogP contribution in [-0.2, 0) is 11.8 Å². The molecule has 0 fully saturated rings. The van der Waals surface area contributed by atoms with Gasteiger partial charge < -0.3 is 9.67 Å². The molecule has 1 heterocycles. The third kappa shape index (κ3) is 5.17. The van der Waals surface area contributed by atoms with E-state index in [1.54, 1.807) is 35.9 Å². The second-order valence-corrected chi connectivity index (χ2v) is 6.79. The predicted octanol–water partition coefficient (Wildman–Crippen LogP) is 2.34. The average Bonchev–Trinajstić information content (AvgIpc) is 3.07. The Bertz CT molecular complexity index is 1080. The molecule has 148 valence electrons. The van der Waals surface area contributed by atoms with Gasteiger partial charge in [-0.1, -0.05) is 36.0 Å². The number of nitro benzene ring substituents is 1. The van der Waals surface area contributed by atoms with Crippen molar-refractivity contribution < 1.29 is 14.8 Å². The second kappa shape index (κ2) is 8.97. The number of phenolic OH excluding ortho intramolecular Hbond substituents is 1. The Morgan fingerprint density at radius 2 is 2.10 bits per heavy atom. The Labute approximate surface area is 169 Å². The Hall–Kier alpha value is -3.73. The summed E-state index contributed by atoms with van der Waals surface area (Å²) in [4.78, 5) is 22.4. The van der Waals surface area contributed by atoms with Crippen molar-refractivity contribution in [3.05, 3.63) is 64.2 Å². The molecule has 0 aliphatic carbocycles. The maximum atomic E-state index is 12.0. The fourth-order valence-corrected chi connectivity index (χ4v) is 3.10. The molecule has 3 aromatic rings. The summed E-state index contributed by atoms with van der Waals surface area (Å²) in [6.45, 7) is 0. The summed E-state index contributed by atoms with van der Waals surface area (Å²) in [7, 11) is 1.72. The number of carbonyl (C=O) groups is 1. The number of thioether (sulfide) groups is 1. The first-order valence-electron chi connectivity index (χ1n) is 8.32. The van der Waals surface area contributed by atoms with Crippen molar-refractivity contribution in [2.45, 2.75) is 5.16 Å². The van der Waals surface area contributed by atoms with E-state index in [0.29, 0.717) is 22.1 Å². The van der Waals surface area contributed by atoms with Crippen LogP contribution in [0.1, 0.15) is 5.56 Å². The lowest BCUT2D eigenvalue weighted by molar-refractivity contribution is -0.384. The van der Waals surface area contributed by atoms with E-state index in [1.165, 1.54) is 30.5 Å². The zero-order valence-electron chi connectivity index (χ0n) is 15.2. The topological polar surface area (TPSA) is 136 Å². The molecule has 0 aliphatic rings. The number of hydrogen-bond donors (Lipinski definition) is 2. The van der Waals surface area contributed by atoms with Crippen molar-refractivity contribution in [3.63, 3.8) is 0 Å². The number of aromatic nitrogens is 3. The van der Waals surface area contributed by atoms with E-state index >= 15 is 0 Å². The van der Waals surface area contributed by atoms with Crippen LogP contribution in [0.2, 0.25) is 0 Å². The van der Waals surface area contributed by atoms with Crippen molar-refractivity contribution in [1.29, 1.82) is 0 Å². The number of non-ortho nitro benzene ring substituents is 1. The molecule has 2 N–H and O–H groups in total. The number of nitro groups is 1. The minimum absolute atomic E-state index is 0.0383. The number of carbonyl (C=O) groups excluding carboxylic acids is 1. The third-order valence-electron chi connectivity index (χ3n) is 3.76. The Kier molecular flexibility index (Phi) is 6.19. The monoisotopic (exact) mass is 412 g/mol. The fraction of sp³-hybridized carbons (Fsp3) is 0.111. The van der Waals surface area contributed by atoms with Gasteiger partial charge in [0, 0.05) is 24.7 Å². The van der Waals surface area contributed by atoms with Gasteiger partial charge in [0.1, 0.15) is 5.75 Å². The van der Waals surface area contributed by atoms with Gasteiger partial charge in [0.25, 0.3) is 11.6 Å².